The first-order valence-electron chi connectivity index (χ1n) is 9.96. The van der Waals surface area contributed by atoms with Gasteiger partial charge in [-0.15, -0.1) is 10.2 Å². The number of hydrogen-bond donors (Lipinski definition) is 2. The van der Waals surface area contributed by atoms with Gasteiger partial charge in [0.2, 0.25) is 0 Å². The second kappa shape index (κ2) is 10.3. The van der Waals surface area contributed by atoms with Gasteiger partial charge in [0.25, 0.3) is 0 Å². The molecule has 0 saturated heterocycles. The summed E-state index contributed by atoms with van der Waals surface area (Å²) < 4.78 is 1.97. The minimum atomic E-state index is 0.132. The van der Waals surface area contributed by atoms with Gasteiger partial charge in [-0.25, -0.2) is 4.99 Å². The van der Waals surface area contributed by atoms with Crippen LogP contribution in [0, 0.1) is 6.92 Å². The number of guanidine groups is 1. The maximum atomic E-state index is 4.76. The molecule has 0 spiro atoms. The Kier molecular flexibility index (Phi) is 7.52. The molecule has 154 valence electrons. The Labute approximate surface area is 177 Å². The zero-order valence-corrected chi connectivity index (χ0v) is 18.5. The summed E-state index contributed by atoms with van der Waals surface area (Å²) in [6, 6.07) is 15.2. The summed E-state index contributed by atoms with van der Waals surface area (Å²) in [5.74, 6) is 3.67. The Morgan fingerprint density at radius 1 is 1.17 bits per heavy atom. The van der Waals surface area contributed by atoms with E-state index in [1.54, 1.807) is 0 Å². The number of aliphatic imine (C=N–C) groups is 1. The fourth-order valence-corrected chi connectivity index (χ4v) is 3.51. The standard InChI is InChI=1S/C22H30N6S/c1-16(19-11-10-18-8-5-6-9-20(18)14-19)25-22(23-12-7-13-29-4)24-15-21-27-26-17(2)28(21)3/h5-6,8-11,14,16H,7,12-13,15H2,1-4H3,(H2,23,24,25). The summed E-state index contributed by atoms with van der Waals surface area (Å²) in [6.07, 6.45) is 3.22. The van der Waals surface area contributed by atoms with Gasteiger partial charge < -0.3 is 15.2 Å². The molecule has 2 N–H and O–H groups in total. The number of nitrogens with zero attached hydrogens (tertiary/aromatic N) is 4. The van der Waals surface area contributed by atoms with Gasteiger partial charge in [0.1, 0.15) is 12.4 Å². The van der Waals surface area contributed by atoms with Crippen molar-refractivity contribution in [3.63, 3.8) is 0 Å². The summed E-state index contributed by atoms with van der Waals surface area (Å²) in [5, 5.41) is 17.8. The molecule has 0 aliphatic carbocycles. The second-order valence-corrected chi connectivity index (χ2v) is 8.12. The molecule has 0 saturated carbocycles. The van der Waals surface area contributed by atoms with Gasteiger partial charge in [0, 0.05) is 13.6 Å². The van der Waals surface area contributed by atoms with Crippen LogP contribution in [0.1, 0.15) is 36.6 Å². The Morgan fingerprint density at radius 3 is 2.69 bits per heavy atom. The van der Waals surface area contributed by atoms with Gasteiger partial charge in [0.15, 0.2) is 11.8 Å². The van der Waals surface area contributed by atoms with E-state index in [-0.39, 0.29) is 6.04 Å². The van der Waals surface area contributed by atoms with Gasteiger partial charge in [-0.2, -0.15) is 11.8 Å². The minimum absolute atomic E-state index is 0.132. The SMILES string of the molecule is CSCCCNC(=NCc1nnc(C)n1C)NC(C)c1ccc2ccccc2c1. The van der Waals surface area contributed by atoms with Crippen LogP contribution in [0.2, 0.25) is 0 Å². The Hall–Kier alpha value is -2.54. The monoisotopic (exact) mass is 410 g/mol. The summed E-state index contributed by atoms with van der Waals surface area (Å²) in [4.78, 5) is 4.76. The maximum absolute atomic E-state index is 4.76. The number of thioether (sulfide) groups is 1. The third-order valence-electron chi connectivity index (χ3n) is 5.01. The molecule has 1 aromatic heterocycles. The van der Waals surface area contributed by atoms with E-state index in [1.165, 1.54) is 16.3 Å². The third-order valence-corrected chi connectivity index (χ3v) is 5.70. The van der Waals surface area contributed by atoms with E-state index >= 15 is 0 Å². The highest BCUT2D eigenvalue weighted by Gasteiger charge is 2.10. The van der Waals surface area contributed by atoms with Crippen LogP contribution in [0.5, 0.6) is 0 Å². The molecule has 3 aromatic rings. The zero-order chi connectivity index (χ0) is 20.6. The minimum Gasteiger partial charge on any atom is -0.356 e. The molecule has 1 unspecified atom stereocenters. The van der Waals surface area contributed by atoms with E-state index in [1.807, 2.05) is 30.3 Å². The summed E-state index contributed by atoms with van der Waals surface area (Å²) in [6.45, 7) is 5.48. The molecule has 7 heteroatoms. The summed E-state index contributed by atoms with van der Waals surface area (Å²) in [7, 11) is 1.97. The lowest BCUT2D eigenvalue weighted by Crippen LogP contribution is -2.39. The van der Waals surface area contributed by atoms with E-state index in [4.69, 9.17) is 4.99 Å². The molecule has 29 heavy (non-hydrogen) atoms. The lowest BCUT2D eigenvalue weighted by atomic mass is 10.0. The number of benzene rings is 2. The van der Waals surface area contributed by atoms with E-state index in [0.29, 0.717) is 6.54 Å². The lowest BCUT2D eigenvalue weighted by Gasteiger charge is -2.19. The van der Waals surface area contributed by atoms with Crippen molar-refractivity contribution in [1.82, 2.24) is 25.4 Å². The summed E-state index contributed by atoms with van der Waals surface area (Å²) >= 11 is 1.86. The predicted octanol–water partition coefficient (Wildman–Crippen LogP) is 3.83. The highest BCUT2D eigenvalue weighted by molar-refractivity contribution is 7.98. The van der Waals surface area contributed by atoms with Gasteiger partial charge >= 0.3 is 0 Å². The van der Waals surface area contributed by atoms with Crippen molar-refractivity contribution in [1.29, 1.82) is 0 Å². The van der Waals surface area contributed by atoms with Gasteiger partial charge in [-0.1, -0.05) is 36.4 Å². The normalized spacial score (nSPS) is 12.9. The number of hydrogen-bond acceptors (Lipinski definition) is 4. The fourth-order valence-electron chi connectivity index (χ4n) is 3.08. The first-order valence-corrected chi connectivity index (χ1v) is 11.3. The van der Waals surface area contributed by atoms with Crippen LogP contribution < -0.4 is 10.6 Å². The topological polar surface area (TPSA) is 67.1 Å². The van der Waals surface area contributed by atoms with Crippen LogP contribution in [-0.4, -0.2) is 39.3 Å². The van der Waals surface area contributed by atoms with Crippen molar-refractivity contribution >= 4 is 28.5 Å². The molecule has 0 aliphatic rings. The molecule has 6 nitrogen and oxygen atoms in total. The van der Waals surface area contributed by atoms with Crippen molar-refractivity contribution in [3.8, 4) is 0 Å². The van der Waals surface area contributed by atoms with Crippen molar-refractivity contribution in [3.05, 3.63) is 59.7 Å². The van der Waals surface area contributed by atoms with Gasteiger partial charge in [0.05, 0.1) is 6.04 Å². The smallest absolute Gasteiger partial charge is 0.192 e. The van der Waals surface area contributed by atoms with E-state index in [0.717, 1.165) is 36.3 Å². The molecule has 0 aliphatic heterocycles. The largest absolute Gasteiger partial charge is 0.356 e. The second-order valence-electron chi connectivity index (χ2n) is 7.13. The molecule has 1 atom stereocenters. The number of aromatic nitrogens is 3. The summed E-state index contributed by atoms with van der Waals surface area (Å²) in [5.41, 5.74) is 1.23. The Morgan fingerprint density at radius 2 is 1.97 bits per heavy atom. The average molecular weight is 411 g/mol. The molecule has 0 fully saturated rings. The molecule has 0 bridgehead atoms. The number of nitrogens with one attached hydrogen (secondary N) is 2. The quantitative estimate of drug-likeness (QED) is 0.336. The molecule has 1 heterocycles. The highest BCUT2D eigenvalue weighted by atomic mass is 32.2. The van der Waals surface area contributed by atoms with Crippen molar-refractivity contribution in [2.75, 3.05) is 18.6 Å². The third kappa shape index (κ3) is 5.73. The van der Waals surface area contributed by atoms with E-state index in [9.17, 15) is 0 Å². The zero-order valence-electron chi connectivity index (χ0n) is 17.6. The number of rotatable bonds is 8. The van der Waals surface area contributed by atoms with Crippen LogP contribution in [0.3, 0.4) is 0 Å². The van der Waals surface area contributed by atoms with E-state index in [2.05, 4.69) is 76.5 Å². The molecular formula is C22H30N6S. The van der Waals surface area contributed by atoms with Gasteiger partial charge in [-0.05, 0) is 54.7 Å². The van der Waals surface area contributed by atoms with Crippen molar-refractivity contribution in [2.24, 2.45) is 12.0 Å². The lowest BCUT2D eigenvalue weighted by molar-refractivity contribution is 0.674. The average Bonchev–Trinajstić information content (AvgIpc) is 3.06. The molecular weight excluding hydrogens is 380 g/mol. The van der Waals surface area contributed by atoms with E-state index < -0.39 is 0 Å². The predicted molar refractivity (Wildman–Crippen MR) is 123 cm³/mol. The van der Waals surface area contributed by atoms with Gasteiger partial charge in [-0.3, -0.25) is 0 Å². The Bertz CT molecular complexity index is 965. The first kappa shape index (κ1) is 21.2. The number of fused-ring (bicyclic) bond motifs is 1. The molecule has 3 rings (SSSR count). The molecule has 0 radical (unpaired) electrons. The fraction of sp³-hybridized carbons (Fsp3) is 0.409. The first-order chi connectivity index (χ1) is 14.1. The number of aryl methyl sites for hydroxylation is 1. The van der Waals surface area contributed by atoms with Crippen molar-refractivity contribution in [2.45, 2.75) is 32.9 Å². The van der Waals surface area contributed by atoms with Crippen molar-refractivity contribution < 1.29 is 0 Å². The molecule has 0 amide bonds. The van der Waals surface area contributed by atoms with Crippen LogP contribution in [0.25, 0.3) is 10.8 Å². The van der Waals surface area contributed by atoms with Crippen LogP contribution in [0.4, 0.5) is 0 Å². The Balaban J connectivity index is 1.73. The van der Waals surface area contributed by atoms with Crippen LogP contribution in [0.15, 0.2) is 47.5 Å². The molecule has 2 aromatic carbocycles. The van der Waals surface area contributed by atoms with Crippen LogP contribution >= 0.6 is 11.8 Å². The maximum Gasteiger partial charge on any atom is 0.192 e. The van der Waals surface area contributed by atoms with Crippen LogP contribution in [-0.2, 0) is 13.6 Å². The highest BCUT2D eigenvalue weighted by Crippen LogP contribution is 2.20.